The Morgan fingerprint density at radius 2 is 1.89 bits per heavy atom. The van der Waals surface area contributed by atoms with E-state index in [2.05, 4.69) is 20.4 Å². The summed E-state index contributed by atoms with van der Waals surface area (Å²) in [6, 6.07) is 7.22. The van der Waals surface area contributed by atoms with E-state index >= 15 is 0 Å². The third-order valence-electron chi connectivity index (χ3n) is 4.61. The zero-order valence-electron chi connectivity index (χ0n) is 15.9. The molecule has 27 heavy (non-hydrogen) atoms. The number of amides is 2. The number of rotatable bonds is 5. The zero-order chi connectivity index (χ0) is 19.6. The Balaban J connectivity index is 1.72. The first-order valence-corrected chi connectivity index (χ1v) is 8.61. The fourth-order valence-electron chi connectivity index (χ4n) is 2.97. The Kier molecular flexibility index (Phi) is 5.16. The molecule has 0 bridgehead atoms. The molecule has 0 atom stereocenters. The second kappa shape index (κ2) is 7.53. The van der Waals surface area contributed by atoms with E-state index in [1.165, 1.54) is 6.33 Å². The highest BCUT2D eigenvalue weighted by Crippen LogP contribution is 2.15. The molecule has 8 heteroatoms. The zero-order valence-corrected chi connectivity index (χ0v) is 15.9. The molecule has 140 valence electrons. The van der Waals surface area contributed by atoms with Gasteiger partial charge in [0.1, 0.15) is 6.33 Å². The Bertz CT molecular complexity index is 993. The molecule has 0 aliphatic rings. The van der Waals surface area contributed by atoms with Crippen LogP contribution in [0.5, 0.6) is 0 Å². The van der Waals surface area contributed by atoms with Crippen LogP contribution in [0.2, 0.25) is 0 Å². The highest BCUT2D eigenvalue weighted by molar-refractivity contribution is 5.93. The van der Waals surface area contributed by atoms with Crippen molar-refractivity contribution in [3.05, 3.63) is 58.7 Å². The standard InChI is InChI=1S/C19H22N6O2/c1-12-16(13(2)25-19(23-12)21-11-22-25)9-17(26)24(4)10-14-5-7-15(8-6-14)18(27)20-3/h5-8,11H,9-10H2,1-4H3,(H,20,27). The molecule has 8 nitrogen and oxygen atoms in total. The van der Waals surface area contributed by atoms with Gasteiger partial charge in [0.15, 0.2) is 0 Å². The van der Waals surface area contributed by atoms with Gasteiger partial charge in [0.25, 0.3) is 11.7 Å². The Labute approximate surface area is 157 Å². The van der Waals surface area contributed by atoms with Crippen molar-refractivity contribution < 1.29 is 9.59 Å². The maximum absolute atomic E-state index is 12.7. The molecule has 2 heterocycles. The molecular weight excluding hydrogens is 344 g/mol. The molecule has 1 aromatic carbocycles. The molecule has 0 saturated heterocycles. The number of nitrogens with zero attached hydrogens (tertiary/aromatic N) is 5. The summed E-state index contributed by atoms with van der Waals surface area (Å²) in [5.41, 5.74) is 4.06. The smallest absolute Gasteiger partial charge is 0.252 e. The summed E-state index contributed by atoms with van der Waals surface area (Å²) in [4.78, 5) is 34.5. The lowest BCUT2D eigenvalue weighted by Crippen LogP contribution is -2.28. The van der Waals surface area contributed by atoms with Gasteiger partial charge in [-0.25, -0.2) is 9.50 Å². The fourth-order valence-corrected chi connectivity index (χ4v) is 2.97. The number of benzene rings is 1. The number of hydrogen-bond donors (Lipinski definition) is 1. The molecule has 3 aromatic rings. The van der Waals surface area contributed by atoms with Gasteiger partial charge in [-0.2, -0.15) is 10.1 Å². The summed E-state index contributed by atoms with van der Waals surface area (Å²) in [5, 5.41) is 6.74. The molecule has 0 aliphatic heterocycles. The minimum atomic E-state index is -0.132. The summed E-state index contributed by atoms with van der Waals surface area (Å²) >= 11 is 0. The van der Waals surface area contributed by atoms with Crippen LogP contribution in [0.1, 0.15) is 32.9 Å². The van der Waals surface area contributed by atoms with E-state index < -0.39 is 0 Å². The first kappa shape index (κ1) is 18.5. The third-order valence-corrected chi connectivity index (χ3v) is 4.61. The van der Waals surface area contributed by atoms with Gasteiger partial charge < -0.3 is 10.2 Å². The summed E-state index contributed by atoms with van der Waals surface area (Å²) < 4.78 is 1.65. The maximum Gasteiger partial charge on any atom is 0.252 e. The average Bonchev–Trinajstić information content (AvgIpc) is 3.13. The number of aryl methyl sites for hydroxylation is 2. The Morgan fingerprint density at radius 1 is 1.19 bits per heavy atom. The van der Waals surface area contributed by atoms with Gasteiger partial charge in [0.05, 0.1) is 6.42 Å². The first-order chi connectivity index (χ1) is 12.9. The van der Waals surface area contributed by atoms with Crippen molar-refractivity contribution in [3.63, 3.8) is 0 Å². The highest BCUT2D eigenvalue weighted by atomic mass is 16.2. The molecule has 0 unspecified atom stereocenters. The fraction of sp³-hybridized carbons (Fsp3) is 0.316. The van der Waals surface area contributed by atoms with Crippen LogP contribution in [0.3, 0.4) is 0 Å². The van der Waals surface area contributed by atoms with Gasteiger partial charge in [-0.15, -0.1) is 0 Å². The van der Waals surface area contributed by atoms with E-state index in [4.69, 9.17) is 0 Å². The topological polar surface area (TPSA) is 92.5 Å². The maximum atomic E-state index is 12.7. The molecule has 0 spiro atoms. The average molecular weight is 366 g/mol. The SMILES string of the molecule is CNC(=O)c1ccc(CN(C)C(=O)Cc2c(C)nc3ncnn3c2C)cc1. The predicted octanol–water partition coefficient (Wildman–Crippen LogP) is 1.30. The van der Waals surface area contributed by atoms with Crippen LogP contribution in [0, 0.1) is 13.8 Å². The normalized spacial score (nSPS) is 10.8. The van der Waals surface area contributed by atoms with E-state index in [0.29, 0.717) is 17.9 Å². The van der Waals surface area contributed by atoms with Gasteiger partial charge in [-0.1, -0.05) is 12.1 Å². The summed E-state index contributed by atoms with van der Waals surface area (Å²) in [6.45, 7) is 4.25. The largest absolute Gasteiger partial charge is 0.355 e. The number of fused-ring (bicyclic) bond motifs is 1. The lowest BCUT2D eigenvalue weighted by molar-refractivity contribution is -0.129. The van der Waals surface area contributed by atoms with Crippen LogP contribution in [0.15, 0.2) is 30.6 Å². The van der Waals surface area contributed by atoms with Crippen LogP contribution in [0.25, 0.3) is 5.78 Å². The molecule has 0 aliphatic carbocycles. The van der Waals surface area contributed by atoms with Gasteiger partial charge in [0, 0.05) is 43.2 Å². The molecule has 1 N–H and O–H groups in total. The van der Waals surface area contributed by atoms with E-state index in [0.717, 1.165) is 22.5 Å². The predicted molar refractivity (Wildman–Crippen MR) is 100 cm³/mol. The van der Waals surface area contributed by atoms with Crippen molar-refractivity contribution in [1.82, 2.24) is 29.8 Å². The minimum absolute atomic E-state index is 0.0159. The van der Waals surface area contributed by atoms with Crippen LogP contribution >= 0.6 is 0 Å². The second-order valence-electron chi connectivity index (χ2n) is 6.44. The van der Waals surface area contributed by atoms with Crippen LogP contribution in [0.4, 0.5) is 0 Å². The number of carbonyl (C=O) groups excluding carboxylic acids is 2. The molecule has 0 fully saturated rings. The summed E-state index contributed by atoms with van der Waals surface area (Å²) in [7, 11) is 3.36. The molecule has 0 saturated carbocycles. The van der Waals surface area contributed by atoms with E-state index in [1.54, 1.807) is 35.6 Å². The van der Waals surface area contributed by atoms with Crippen molar-refractivity contribution >= 4 is 17.6 Å². The highest BCUT2D eigenvalue weighted by Gasteiger charge is 2.17. The van der Waals surface area contributed by atoms with Crippen molar-refractivity contribution in [3.8, 4) is 0 Å². The second-order valence-corrected chi connectivity index (χ2v) is 6.44. The van der Waals surface area contributed by atoms with Gasteiger partial charge >= 0.3 is 0 Å². The third kappa shape index (κ3) is 3.79. The van der Waals surface area contributed by atoms with Crippen molar-refractivity contribution in [2.75, 3.05) is 14.1 Å². The van der Waals surface area contributed by atoms with Crippen molar-refractivity contribution in [2.45, 2.75) is 26.8 Å². The molecule has 2 aromatic heterocycles. The molecular formula is C19H22N6O2. The summed E-state index contributed by atoms with van der Waals surface area (Å²) in [5.74, 6) is 0.386. The molecule has 2 amide bonds. The first-order valence-electron chi connectivity index (χ1n) is 8.61. The molecule has 3 rings (SSSR count). The number of carbonyl (C=O) groups is 2. The van der Waals surface area contributed by atoms with Crippen LogP contribution in [-0.2, 0) is 17.8 Å². The lowest BCUT2D eigenvalue weighted by Gasteiger charge is -2.19. The number of hydrogen-bond acceptors (Lipinski definition) is 5. The quantitative estimate of drug-likeness (QED) is 0.735. The minimum Gasteiger partial charge on any atom is -0.355 e. The Hall–Kier alpha value is -3.29. The lowest BCUT2D eigenvalue weighted by atomic mass is 10.1. The van der Waals surface area contributed by atoms with E-state index in [-0.39, 0.29) is 18.2 Å². The molecule has 0 radical (unpaired) electrons. The number of aromatic nitrogens is 4. The van der Waals surface area contributed by atoms with Crippen molar-refractivity contribution in [2.24, 2.45) is 0 Å². The summed E-state index contributed by atoms with van der Waals surface area (Å²) in [6.07, 6.45) is 1.70. The van der Waals surface area contributed by atoms with Gasteiger partial charge in [-0.05, 0) is 31.5 Å². The number of likely N-dealkylation sites (N-methyl/N-ethyl adjacent to an activating group) is 1. The van der Waals surface area contributed by atoms with E-state index in [1.807, 2.05) is 26.0 Å². The van der Waals surface area contributed by atoms with Gasteiger partial charge in [0.2, 0.25) is 5.91 Å². The monoisotopic (exact) mass is 366 g/mol. The van der Waals surface area contributed by atoms with Crippen LogP contribution < -0.4 is 5.32 Å². The van der Waals surface area contributed by atoms with Crippen LogP contribution in [-0.4, -0.2) is 50.4 Å². The Morgan fingerprint density at radius 3 is 2.56 bits per heavy atom. The van der Waals surface area contributed by atoms with Crippen molar-refractivity contribution in [1.29, 1.82) is 0 Å². The van der Waals surface area contributed by atoms with Gasteiger partial charge in [-0.3, -0.25) is 9.59 Å². The number of nitrogens with one attached hydrogen (secondary N) is 1. The van der Waals surface area contributed by atoms with E-state index in [9.17, 15) is 9.59 Å².